The van der Waals surface area contributed by atoms with E-state index in [9.17, 15) is 31.6 Å². The van der Waals surface area contributed by atoms with Crippen molar-refractivity contribution in [2.24, 2.45) is 7.05 Å². The van der Waals surface area contributed by atoms with Crippen LogP contribution in [-0.2, 0) is 42.9 Å². The van der Waals surface area contributed by atoms with Gasteiger partial charge >= 0.3 is 22.4 Å². The van der Waals surface area contributed by atoms with E-state index >= 15 is 0 Å². The maximum absolute atomic E-state index is 13.6. The van der Waals surface area contributed by atoms with Crippen molar-refractivity contribution in [3.63, 3.8) is 0 Å². The van der Waals surface area contributed by atoms with Crippen molar-refractivity contribution in [1.29, 1.82) is 0 Å². The Kier molecular flexibility index (Phi) is 7.18. The highest BCUT2D eigenvalue weighted by atomic mass is 32.2. The fraction of sp³-hybridized carbons (Fsp3) is 0.583. The van der Waals surface area contributed by atoms with Crippen molar-refractivity contribution in [2.75, 3.05) is 29.3 Å². The number of alkyl halides is 3. The number of aromatic nitrogens is 2. The molecule has 1 atom stereocenters. The second-order valence-corrected chi connectivity index (χ2v) is 12.0. The maximum atomic E-state index is 13.6. The lowest BCUT2D eigenvalue weighted by Crippen LogP contribution is -3.14. The molecule has 0 saturated carbocycles. The van der Waals surface area contributed by atoms with Crippen LogP contribution in [0.3, 0.4) is 0 Å². The maximum Gasteiger partial charge on any atom is 0.436 e. The molecule has 0 spiro atoms. The molecule has 2 N–H and O–H groups in total. The molecular formula is C24H31F3N6O4S. The van der Waals surface area contributed by atoms with Gasteiger partial charge in [-0.15, -0.1) is 0 Å². The van der Waals surface area contributed by atoms with Crippen molar-refractivity contribution in [3.05, 3.63) is 45.9 Å². The van der Waals surface area contributed by atoms with Gasteiger partial charge in [0.15, 0.2) is 0 Å². The lowest BCUT2D eigenvalue weighted by atomic mass is 9.99. The number of rotatable bonds is 6. The van der Waals surface area contributed by atoms with Crippen LogP contribution in [0.2, 0.25) is 0 Å². The summed E-state index contributed by atoms with van der Waals surface area (Å²) in [7, 11) is -3.28. The van der Waals surface area contributed by atoms with Gasteiger partial charge in [0.2, 0.25) is 0 Å². The molecule has 38 heavy (non-hydrogen) atoms. The average molecular weight is 557 g/mol. The Morgan fingerprint density at radius 3 is 2.29 bits per heavy atom. The number of nitrogens with zero attached hydrogens (tertiary/aromatic N) is 4. The van der Waals surface area contributed by atoms with Gasteiger partial charge in [-0.1, -0.05) is 6.07 Å². The zero-order valence-corrected chi connectivity index (χ0v) is 21.9. The summed E-state index contributed by atoms with van der Waals surface area (Å²) in [5.41, 5.74) is 4.83. The Morgan fingerprint density at radius 2 is 1.76 bits per heavy atom. The number of nitrogens with one attached hydrogen (secondary N) is 2. The first-order valence-electron chi connectivity index (χ1n) is 12.8. The van der Waals surface area contributed by atoms with Crippen LogP contribution >= 0.6 is 0 Å². The van der Waals surface area contributed by atoms with Gasteiger partial charge in [0.25, 0.3) is 0 Å². The molecule has 3 aliphatic rings. The number of likely N-dealkylation sites (tertiary alicyclic amines) is 1. The van der Waals surface area contributed by atoms with E-state index in [1.807, 2.05) is 0 Å². The quantitative estimate of drug-likeness (QED) is 0.527. The fourth-order valence-corrected chi connectivity index (χ4v) is 7.41. The summed E-state index contributed by atoms with van der Waals surface area (Å²) < 4.78 is 66.4. The SMILES string of the molecule is Cn1cc(N(C2CCN(CC(F)(F)F)CC2)S(=O)(=O)[NH+]([O-])C(=O)Nc2c3c(cc4c2CCC4)CCC3)cn1. The number of fused-ring (bicyclic) bond motifs is 2. The third-order valence-electron chi connectivity index (χ3n) is 7.63. The molecule has 1 aliphatic heterocycles. The van der Waals surface area contributed by atoms with Gasteiger partial charge < -0.3 is 5.21 Å². The summed E-state index contributed by atoms with van der Waals surface area (Å²) in [4.78, 5) is 14.4. The highest BCUT2D eigenvalue weighted by molar-refractivity contribution is 7.86. The van der Waals surface area contributed by atoms with Gasteiger partial charge in [0.1, 0.15) is 0 Å². The van der Waals surface area contributed by atoms with E-state index < -0.39 is 39.5 Å². The van der Waals surface area contributed by atoms with E-state index in [4.69, 9.17) is 0 Å². The van der Waals surface area contributed by atoms with Gasteiger partial charge in [-0.25, -0.2) is 9.10 Å². The molecule has 1 unspecified atom stereocenters. The summed E-state index contributed by atoms with van der Waals surface area (Å²) in [6.07, 6.45) is 3.54. The van der Waals surface area contributed by atoms with E-state index in [0.717, 1.165) is 65.1 Å². The van der Waals surface area contributed by atoms with Crippen molar-refractivity contribution in [2.45, 2.75) is 63.6 Å². The van der Waals surface area contributed by atoms with Gasteiger partial charge in [-0.2, -0.15) is 31.2 Å². The zero-order chi connectivity index (χ0) is 27.2. The molecule has 0 bridgehead atoms. The van der Waals surface area contributed by atoms with E-state index in [-0.39, 0.29) is 31.6 Å². The lowest BCUT2D eigenvalue weighted by Gasteiger charge is -2.38. The molecule has 1 aromatic heterocycles. The Balaban J connectivity index is 1.39. The summed E-state index contributed by atoms with van der Waals surface area (Å²) in [6.45, 7) is -1.09. The highest BCUT2D eigenvalue weighted by Gasteiger charge is 2.42. The van der Waals surface area contributed by atoms with Crippen molar-refractivity contribution >= 4 is 27.6 Å². The predicted molar refractivity (Wildman–Crippen MR) is 134 cm³/mol. The summed E-state index contributed by atoms with van der Waals surface area (Å²) in [6, 6.07) is 0.132. The number of hydrogen-bond donors (Lipinski definition) is 2. The van der Waals surface area contributed by atoms with Crippen molar-refractivity contribution < 1.29 is 30.9 Å². The molecule has 5 rings (SSSR count). The summed E-state index contributed by atoms with van der Waals surface area (Å²) >= 11 is 0. The van der Waals surface area contributed by atoms with Gasteiger partial charge in [-0.3, -0.25) is 14.9 Å². The Hall–Kier alpha value is -2.68. The summed E-state index contributed by atoms with van der Waals surface area (Å²) in [5, 5.41) is 19.9. The predicted octanol–water partition coefficient (Wildman–Crippen LogP) is 2.09. The van der Waals surface area contributed by atoms with Crippen LogP contribution in [0.25, 0.3) is 0 Å². The number of urea groups is 1. The number of carbonyl (C=O) groups excluding carboxylic acids is 1. The molecule has 2 aromatic rings. The molecule has 1 saturated heterocycles. The number of carbonyl (C=O) groups is 1. The largest absolute Gasteiger partial charge is 0.608 e. The molecule has 0 radical (unpaired) electrons. The number of piperidine rings is 1. The molecule has 2 heterocycles. The highest BCUT2D eigenvalue weighted by Crippen LogP contribution is 2.38. The van der Waals surface area contributed by atoms with Crippen molar-refractivity contribution in [1.82, 2.24) is 14.7 Å². The van der Waals surface area contributed by atoms with Crippen LogP contribution in [0.1, 0.15) is 47.9 Å². The van der Waals surface area contributed by atoms with Crippen LogP contribution in [0.15, 0.2) is 18.5 Å². The van der Waals surface area contributed by atoms with E-state index in [1.165, 1.54) is 22.0 Å². The number of benzene rings is 1. The first-order valence-corrected chi connectivity index (χ1v) is 14.2. The number of halogens is 3. The number of quaternary nitrogens is 1. The monoisotopic (exact) mass is 556 g/mol. The first kappa shape index (κ1) is 26.9. The molecule has 10 nitrogen and oxygen atoms in total. The van der Waals surface area contributed by atoms with Crippen LogP contribution in [0.5, 0.6) is 0 Å². The average Bonchev–Trinajstić information content (AvgIpc) is 3.60. The normalized spacial score (nSPS) is 19.3. The third-order valence-corrected chi connectivity index (χ3v) is 9.31. The van der Waals surface area contributed by atoms with E-state index in [0.29, 0.717) is 5.69 Å². The number of hydrogen-bond acceptors (Lipinski definition) is 6. The minimum atomic E-state index is -4.85. The number of aryl methyl sites for hydroxylation is 3. The number of amides is 2. The molecule has 208 valence electrons. The van der Waals surface area contributed by atoms with Crippen molar-refractivity contribution in [3.8, 4) is 0 Å². The number of hydroxylamine groups is 1. The Bertz CT molecular complexity index is 1290. The van der Waals surface area contributed by atoms with Crippen LogP contribution in [0.4, 0.5) is 29.3 Å². The minimum absolute atomic E-state index is 0.000858. The van der Waals surface area contributed by atoms with Gasteiger partial charge in [-0.05, 0) is 73.6 Å². The molecule has 2 aliphatic carbocycles. The smallest absolute Gasteiger partial charge is 0.436 e. The second-order valence-electron chi connectivity index (χ2n) is 10.3. The Labute approximate surface area is 219 Å². The first-order chi connectivity index (χ1) is 17.9. The van der Waals surface area contributed by atoms with E-state index in [2.05, 4.69) is 16.5 Å². The molecule has 14 heteroatoms. The molecule has 1 fully saturated rings. The fourth-order valence-electron chi connectivity index (χ4n) is 5.97. The molecule has 2 amide bonds. The topological polar surface area (TPSA) is 115 Å². The minimum Gasteiger partial charge on any atom is -0.608 e. The second kappa shape index (κ2) is 10.1. The van der Waals surface area contributed by atoms with Gasteiger partial charge in [0, 0.05) is 26.3 Å². The number of anilines is 2. The lowest BCUT2D eigenvalue weighted by molar-refractivity contribution is -0.604. The van der Waals surface area contributed by atoms with E-state index in [1.54, 1.807) is 7.05 Å². The summed E-state index contributed by atoms with van der Waals surface area (Å²) in [5.74, 6) is 0. The zero-order valence-electron chi connectivity index (χ0n) is 21.1. The van der Waals surface area contributed by atoms with Crippen LogP contribution in [0, 0.1) is 5.21 Å². The Morgan fingerprint density at radius 1 is 1.16 bits per heavy atom. The van der Waals surface area contributed by atoms with Crippen LogP contribution < -0.4 is 14.1 Å². The van der Waals surface area contributed by atoms with Gasteiger partial charge in [0.05, 0.1) is 30.2 Å². The standard InChI is InChI=1S/C24H31F3N6O4S/c1-30-14-19(13-28-30)32(18-8-10-31(11-9-18)15-24(25,26)27)38(36,37)33(35)23(34)29-22-20-6-2-4-16(20)12-17-5-3-7-21(17)22/h12-14,18,33H,2-11,15H2,1H3,(H,29,34). The third kappa shape index (κ3) is 5.26. The molecule has 1 aromatic carbocycles. The molecular weight excluding hydrogens is 525 g/mol. The van der Waals surface area contributed by atoms with Crippen LogP contribution in [-0.4, -0.2) is 61.0 Å².